The number of hydrogen-bond donors (Lipinski definition) is 2. The number of nitrogens with zero attached hydrogens (tertiary/aromatic N) is 1. The van der Waals surface area contributed by atoms with Gasteiger partial charge in [0.05, 0.1) is 6.61 Å². The summed E-state index contributed by atoms with van der Waals surface area (Å²) < 4.78 is 0. The highest BCUT2D eigenvalue weighted by Gasteiger charge is 2.17. The van der Waals surface area contributed by atoms with Crippen molar-refractivity contribution in [3.05, 3.63) is 12.7 Å². The van der Waals surface area contributed by atoms with E-state index in [1.807, 2.05) is 0 Å². The number of aliphatic hydroxyl groups excluding tert-OH is 1. The van der Waals surface area contributed by atoms with Gasteiger partial charge in [0.15, 0.2) is 0 Å². The predicted molar refractivity (Wildman–Crippen MR) is 59.9 cm³/mol. The van der Waals surface area contributed by atoms with Gasteiger partial charge in [-0.15, -0.1) is 6.58 Å². The SMILES string of the molecule is C=CCN(CCO)C(=O)CC(C)CC(=O)O. The van der Waals surface area contributed by atoms with E-state index < -0.39 is 5.97 Å². The summed E-state index contributed by atoms with van der Waals surface area (Å²) in [4.78, 5) is 23.6. The Bertz CT molecular complexity index is 252. The Morgan fingerprint density at radius 3 is 2.50 bits per heavy atom. The van der Waals surface area contributed by atoms with Crippen molar-refractivity contribution in [2.45, 2.75) is 19.8 Å². The largest absolute Gasteiger partial charge is 0.481 e. The highest BCUT2D eigenvalue weighted by molar-refractivity contribution is 5.77. The first-order valence-electron chi connectivity index (χ1n) is 5.22. The fraction of sp³-hybridized carbons (Fsp3) is 0.636. The molecule has 0 radical (unpaired) electrons. The van der Waals surface area contributed by atoms with Crippen molar-refractivity contribution in [3.8, 4) is 0 Å². The van der Waals surface area contributed by atoms with Crippen LogP contribution >= 0.6 is 0 Å². The van der Waals surface area contributed by atoms with Gasteiger partial charge in [-0.25, -0.2) is 0 Å². The lowest BCUT2D eigenvalue weighted by Gasteiger charge is -2.21. The molecule has 0 saturated carbocycles. The molecule has 1 amide bonds. The molecule has 0 aromatic carbocycles. The maximum atomic E-state index is 11.7. The molecule has 0 aliphatic carbocycles. The Hall–Kier alpha value is -1.36. The molecule has 0 bridgehead atoms. The van der Waals surface area contributed by atoms with Gasteiger partial charge >= 0.3 is 5.97 Å². The van der Waals surface area contributed by atoms with E-state index in [4.69, 9.17) is 10.2 Å². The molecule has 5 heteroatoms. The van der Waals surface area contributed by atoms with Crippen LogP contribution < -0.4 is 0 Å². The van der Waals surface area contributed by atoms with Gasteiger partial charge in [-0.05, 0) is 5.92 Å². The second-order valence-corrected chi connectivity index (χ2v) is 3.76. The molecule has 0 aromatic rings. The molecule has 5 nitrogen and oxygen atoms in total. The molecule has 0 aliphatic heterocycles. The zero-order chi connectivity index (χ0) is 12.6. The average Bonchev–Trinajstić information content (AvgIpc) is 2.15. The summed E-state index contributed by atoms with van der Waals surface area (Å²) in [6.07, 6.45) is 1.74. The van der Waals surface area contributed by atoms with Crippen molar-refractivity contribution in [1.29, 1.82) is 0 Å². The molecule has 0 heterocycles. The number of carboxylic acids is 1. The molecule has 0 spiro atoms. The maximum Gasteiger partial charge on any atom is 0.303 e. The van der Waals surface area contributed by atoms with Gasteiger partial charge in [0, 0.05) is 25.9 Å². The molecule has 1 unspecified atom stereocenters. The van der Waals surface area contributed by atoms with E-state index >= 15 is 0 Å². The molecule has 0 aliphatic rings. The van der Waals surface area contributed by atoms with Crippen molar-refractivity contribution in [3.63, 3.8) is 0 Å². The van der Waals surface area contributed by atoms with Crippen LogP contribution in [0.25, 0.3) is 0 Å². The Labute approximate surface area is 95.4 Å². The summed E-state index contributed by atoms with van der Waals surface area (Å²) in [5.74, 6) is -1.25. The van der Waals surface area contributed by atoms with Crippen LogP contribution in [0.5, 0.6) is 0 Å². The van der Waals surface area contributed by atoms with Gasteiger partial charge < -0.3 is 15.1 Å². The zero-order valence-electron chi connectivity index (χ0n) is 9.56. The van der Waals surface area contributed by atoms with E-state index in [1.54, 1.807) is 13.0 Å². The van der Waals surface area contributed by atoms with Crippen molar-refractivity contribution >= 4 is 11.9 Å². The molecular formula is C11H19NO4. The van der Waals surface area contributed by atoms with Crippen LogP contribution in [-0.2, 0) is 9.59 Å². The Morgan fingerprint density at radius 2 is 2.06 bits per heavy atom. The van der Waals surface area contributed by atoms with E-state index in [2.05, 4.69) is 6.58 Å². The molecule has 0 saturated heterocycles. The molecule has 1 atom stereocenters. The lowest BCUT2D eigenvalue weighted by molar-refractivity contribution is -0.138. The highest BCUT2D eigenvalue weighted by atomic mass is 16.4. The fourth-order valence-corrected chi connectivity index (χ4v) is 1.39. The lowest BCUT2D eigenvalue weighted by atomic mass is 10.0. The highest BCUT2D eigenvalue weighted by Crippen LogP contribution is 2.09. The molecular weight excluding hydrogens is 210 g/mol. The number of hydrogen-bond acceptors (Lipinski definition) is 3. The third kappa shape index (κ3) is 6.19. The number of carbonyl (C=O) groups excluding carboxylic acids is 1. The van der Waals surface area contributed by atoms with Gasteiger partial charge in [-0.2, -0.15) is 0 Å². The van der Waals surface area contributed by atoms with Crippen LogP contribution in [0.2, 0.25) is 0 Å². The average molecular weight is 229 g/mol. The number of aliphatic carboxylic acids is 1. The van der Waals surface area contributed by atoms with Crippen LogP contribution in [0.15, 0.2) is 12.7 Å². The third-order valence-corrected chi connectivity index (χ3v) is 2.12. The monoisotopic (exact) mass is 229 g/mol. The van der Waals surface area contributed by atoms with Crippen LogP contribution in [0, 0.1) is 5.92 Å². The van der Waals surface area contributed by atoms with E-state index in [9.17, 15) is 9.59 Å². The molecule has 92 valence electrons. The fourth-order valence-electron chi connectivity index (χ4n) is 1.39. The number of carboxylic acid groups (broad SMARTS) is 1. The summed E-state index contributed by atoms with van der Waals surface area (Å²) in [6, 6.07) is 0. The van der Waals surface area contributed by atoms with Crippen LogP contribution in [0.3, 0.4) is 0 Å². The van der Waals surface area contributed by atoms with Crippen LogP contribution in [-0.4, -0.2) is 46.7 Å². The van der Waals surface area contributed by atoms with E-state index in [0.29, 0.717) is 6.54 Å². The second kappa shape index (κ2) is 7.87. The standard InChI is InChI=1S/C11H19NO4/c1-3-4-12(5-6-13)10(14)7-9(2)8-11(15)16/h3,9,13H,1,4-8H2,2H3,(H,15,16). The van der Waals surface area contributed by atoms with E-state index in [0.717, 1.165) is 0 Å². The van der Waals surface area contributed by atoms with Crippen LogP contribution in [0.4, 0.5) is 0 Å². The first kappa shape index (κ1) is 14.6. The van der Waals surface area contributed by atoms with Gasteiger partial charge in [-0.1, -0.05) is 13.0 Å². The van der Waals surface area contributed by atoms with Gasteiger partial charge in [-0.3, -0.25) is 9.59 Å². The summed E-state index contributed by atoms with van der Waals surface area (Å²) >= 11 is 0. The lowest BCUT2D eigenvalue weighted by Crippen LogP contribution is -2.34. The first-order valence-corrected chi connectivity index (χ1v) is 5.22. The molecule has 0 fully saturated rings. The Balaban J connectivity index is 4.17. The number of aliphatic hydroxyl groups is 1. The van der Waals surface area contributed by atoms with Gasteiger partial charge in [0.1, 0.15) is 0 Å². The first-order chi connectivity index (χ1) is 7.51. The normalized spacial score (nSPS) is 11.9. The van der Waals surface area contributed by atoms with Crippen molar-refractivity contribution in [1.82, 2.24) is 4.90 Å². The molecule has 0 rings (SSSR count). The summed E-state index contributed by atoms with van der Waals surface area (Å²) in [6.45, 7) is 5.77. The molecule has 0 aromatic heterocycles. The quantitative estimate of drug-likeness (QED) is 0.594. The maximum absolute atomic E-state index is 11.7. The minimum atomic E-state index is -0.905. The van der Waals surface area contributed by atoms with Gasteiger partial charge in [0.2, 0.25) is 5.91 Å². The van der Waals surface area contributed by atoms with Crippen molar-refractivity contribution < 1.29 is 19.8 Å². The third-order valence-electron chi connectivity index (χ3n) is 2.12. The van der Waals surface area contributed by atoms with E-state index in [1.165, 1.54) is 4.90 Å². The summed E-state index contributed by atoms with van der Waals surface area (Å²) in [7, 11) is 0. The van der Waals surface area contributed by atoms with Gasteiger partial charge in [0.25, 0.3) is 0 Å². The minimum absolute atomic E-state index is 0.0210. The number of carbonyl (C=O) groups is 2. The van der Waals surface area contributed by atoms with E-state index in [-0.39, 0.29) is 37.8 Å². The number of rotatable bonds is 8. The summed E-state index contributed by atoms with van der Waals surface area (Å²) in [5, 5.41) is 17.3. The smallest absolute Gasteiger partial charge is 0.303 e. The Morgan fingerprint density at radius 1 is 1.44 bits per heavy atom. The molecule has 16 heavy (non-hydrogen) atoms. The van der Waals surface area contributed by atoms with Crippen molar-refractivity contribution in [2.24, 2.45) is 5.92 Å². The predicted octanol–water partition coefficient (Wildman–Crippen LogP) is 0.494. The molecule has 2 N–H and O–H groups in total. The number of amides is 1. The van der Waals surface area contributed by atoms with Crippen molar-refractivity contribution in [2.75, 3.05) is 19.7 Å². The minimum Gasteiger partial charge on any atom is -0.481 e. The Kier molecular flexibility index (Phi) is 7.20. The zero-order valence-corrected chi connectivity index (χ0v) is 9.56. The summed E-state index contributed by atoms with van der Waals surface area (Å²) in [5.41, 5.74) is 0. The topological polar surface area (TPSA) is 77.8 Å². The van der Waals surface area contributed by atoms with Crippen LogP contribution in [0.1, 0.15) is 19.8 Å². The second-order valence-electron chi connectivity index (χ2n) is 3.76.